The largest absolute Gasteiger partial charge is 0.299 e. The van der Waals surface area contributed by atoms with E-state index in [4.69, 9.17) is 0 Å². The summed E-state index contributed by atoms with van der Waals surface area (Å²) in [5.41, 5.74) is 8.69. The highest BCUT2D eigenvalue weighted by molar-refractivity contribution is 5.72. The third-order valence-corrected chi connectivity index (χ3v) is 5.25. The van der Waals surface area contributed by atoms with Crippen LogP contribution in [0.4, 0.5) is 0 Å². The molecule has 1 aliphatic carbocycles. The number of hydrogen-bond donors (Lipinski definition) is 0. The van der Waals surface area contributed by atoms with Crippen LogP contribution < -0.4 is 0 Å². The second kappa shape index (κ2) is 7.81. The molecule has 0 fully saturated rings. The summed E-state index contributed by atoms with van der Waals surface area (Å²) in [6.07, 6.45) is 4.65. The fraction of sp³-hybridized carbons (Fsp3) is 0.391. The molecule has 3 rings (SSSR count). The smallest absolute Gasteiger partial charge is 0.0233 e. The topological polar surface area (TPSA) is 3.24 Å². The van der Waals surface area contributed by atoms with Crippen LogP contribution in [0.15, 0.2) is 49.0 Å². The summed E-state index contributed by atoms with van der Waals surface area (Å²) < 4.78 is 0. The Bertz CT molecular complexity index is 699. The number of benzene rings is 2. The van der Waals surface area contributed by atoms with Gasteiger partial charge in [0.15, 0.2) is 0 Å². The summed E-state index contributed by atoms with van der Waals surface area (Å²) >= 11 is 0. The van der Waals surface area contributed by atoms with E-state index in [-0.39, 0.29) is 0 Å². The zero-order valence-electron chi connectivity index (χ0n) is 15.1. The molecule has 0 spiro atoms. The maximum absolute atomic E-state index is 4.20. The molecule has 2 aromatic rings. The van der Waals surface area contributed by atoms with Crippen molar-refractivity contribution in [2.45, 2.75) is 46.1 Å². The first-order chi connectivity index (χ1) is 11.7. The molecule has 0 unspecified atom stereocenters. The van der Waals surface area contributed by atoms with Crippen molar-refractivity contribution >= 4 is 5.57 Å². The molecular formula is C23H29N. The highest BCUT2D eigenvalue weighted by Gasteiger charge is 2.18. The van der Waals surface area contributed by atoms with Crippen LogP contribution in [0.3, 0.4) is 0 Å². The van der Waals surface area contributed by atoms with E-state index in [9.17, 15) is 0 Å². The average molecular weight is 319 g/mol. The Hall–Kier alpha value is -1.86. The molecule has 0 saturated heterocycles. The second-order valence-electron chi connectivity index (χ2n) is 6.99. The van der Waals surface area contributed by atoms with Gasteiger partial charge in [0.1, 0.15) is 0 Å². The number of allylic oxidation sites excluding steroid dienone is 1. The van der Waals surface area contributed by atoms with Crippen molar-refractivity contribution in [3.8, 4) is 0 Å². The molecule has 0 bridgehead atoms. The lowest BCUT2D eigenvalue weighted by atomic mass is 9.96. The molecule has 0 atom stereocenters. The van der Waals surface area contributed by atoms with E-state index in [1.165, 1.54) is 40.7 Å². The highest BCUT2D eigenvalue weighted by atomic mass is 15.1. The molecule has 24 heavy (non-hydrogen) atoms. The van der Waals surface area contributed by atoms with E-state index in [1.807, 2.05) is 0 Å². The predicted molar refractivity (Wildman–Crippen MR) is 104 cm³/mol. The van der Waals surface area contributed by atoms with E-state index in [1.54, 1.807) is 5.56 Å². The van der Waals surface area contributed by atoms with Crippen LogP contribution in [0.5, 0.6) is 0 Å². The zero-order valence-corrected chi connectivity index (χ0v) is 15.1. The van der Waals surface area contributed by atoms with Gasteiger partial charge in [0.05, 0.1) is 0 Å². The summed E-state index contributed by atoms with van der Waals surface area (Å²) in [5.74, 6) is 0. The normalized spacial score (nSPS) is 13.5. The molecule has 1 aliphatic rings. The first kappa shape index (κ1) is 17.0. The lowest BCUT2D eigenvalue weighted by Gasteiger charge is -2.22. The molecule has 0 saturated carbocycles. The number of nitrogens with zero attached hydrogens (tertiary/aromatic N) is 1. The van der Waals surface area contributed by atoms with Crippen LogP contribution >= 0.6 is 0 Å². The molecule has 2 aromatic carbocycles. The Balaban J connectivity index is 1.68. The maximum atomic E-state index is 4.20. The standard InChI is InChI=1S/C23H29N/c1-4-15-24(17-20-8-6-5-7-9-20)16-14-21-11-13-22-18(2)10-12-23(22)19(21)3/h5-9,11,13H,2,4,10,12,14-17H2,1,3H3. The van der Waals surface area contributed by atoms with Gasteiger partial charge in [-0.2, -0.15) is 0 Å². The SMILES string of the molecule is C=C1CCc2c1ccc(CCN(CCC)Cc1ccccc1)c2C. The summed E-state index contributed by atoms with van der Waals surface area (Å²) in [7, 11) is 0. The van der Waals surface area contributed by atoms with Crippen molar-refractivity contribution < 1.29 is 0 Å². The first-order valence-electron chi connectivity index (χ1n) is 9.24. The third kappa shape index (κ3) is 3.79. The Morgan fingerprint density at radius 3 is 2.54 bits per heavy atom. The van der Waals surface area contributed by atoms with Gasteiger partial charge in [0.25, 0.3) is 0 Å². The van der Waals surface area contributed by atoms with Crippen molar-refractivity contribution in [3.63, 3.8) is 0 Å². The van der Waals surface area contributed by atoms with Gasteiger partial charge in [-0.3, -0.25) is 4.90 Å². The molecule has 0 radical (unpaired) electrons. The van der Waals surface area contributed by atoms with E-state index >= 15 is 0 Å². The van der Waals surface area contributed by atoms with Crippen LogP contribution in [0.1, 0.15) is 47.6 Å². The van der Waals surface area contributed by atoms with Crippen LogP contribution in [0.2, 0.25) is 0 Å². The maximum Gasteiger partial charge on any atom is 0.0233 e. The lowest BCUT2D eigenvalue weighted by molar-refractivity contribution is 0.269. The van der Waals surface area contributed by atoms with E-state index in [2.05, 4.69) is 67.8 Å². The first-order valence-corrected chi connectivity index (χ1v) is 9.24. The van der Waals surface area contributed by atoms with Crippen LogP contribution in [0, 0.1) is 6.92 Å². The quantitative estimate of drug-likeness (QED) is 0.659. The minimum atomic E-state index is 1.05. The van der Waals surface area contributed by atoms with E-state index < -0.39 is 0 Å². The Kier molecular flexibility index (Phi) is 5.52. The fourth-order valence-corrected chi connectivity index (χ4v) is 3.85. The summed E-state index contributed by atoms with van der Waals surface area (Å²) in [6.45, 7) is 12.1. The number of rotatable bonds is 7. The molecule has 0 aliphatic heterocycles. The van der Waals surface area contributed by atoms with Crippen molar-refractivity contribution in [3.05, 3.63) is 76.9 Å². The van der Waals surface area contributed by atoms with Crippen molar-refractivity contribution in [1.82, 2.24) is 4.90 Å². The van der Waals surface area contributed by atoms with E-state index in [0.29, 0.717) is 0 Å². The Morgan fingerprint density at radius 1 is 1.00 bits per heavy atom. The minimum Gasteiger partial charge on any atom is -0.299 e. The molecule has 0 aromatic heterocycles. The van der Waals surface area contributed by atoms with Gasteiger partial charge in [-0.1, -0.05) is 56.0 Å². The molecule has 0 amide bonds. The molecule has 0 N–H and O–H groups in total. The van der Waals surface area contributed by atoms with E-state index in [0.717, 1.165) is 32.5 Å². The van der Waals surface area contributed by atoms with Crippen molar-refractivity contribution in [2.24, 2.45) is 0 Å². The van der Waals surface area contributed by atoms with Crippen LogP contribution in [-0.4, -0.2) is 18.0 Å². The molecule has 1 nitrogen and oxygen atoms in total. The average Bonchev–Trinajstić information content (AvgIpc) is 2.97. The fourth-order valence-electron chi connectivity index (χ4n) is 3.85. The van der Waals surface area contributed by atoms with Gasteiger partial charge in [-0.25, -0.2) is 0 Å². The summed E-state index contributed by atoms with van der Waals surface area (Å²) in [5, 5.41) is 0. The van der Waals surface area contributed by atoms with Gasteiger partial charge < -0.3 is 0 Å². The summed E-state index contributed by atoms with van der Waals surface area (Å²) in [4.78, 5) is 2.58. The van der Waals surface area contributed by atoms with Gasteiger partial charge in [0.2, 0.25) is 0 Å². The van der Waals surface area contributed by atoms with Crippen molar-refractivity contribution in [1.29, 1.82) is 0 Å². The molecule has 1 heteroatoms. The molecule has 0 heterocycles. The van der Waals surface area contributed by atoms with Crippen LogP contribution in [0.25, 0.3) is 5.57 Å². The second-order valence-corrected chi connectivity index (χ2v) is 6.99. The Labute approximate surface area is 147 Å². The Morgan fingerprint density at radius 2 is 1.79 bits per heavy atom. The highest BCUT2D eigenvalue weighted by Crippen LogP contribution is 2.34. The summed E-state index contributed by atoms with van der Waals surface area (Å²) in [6, 6.07) is 15.5. The molecular weight excluding hydrogens is 290 g/mol. The van der Waals surface area contributed by atoms with Gasteiger partial charge >= 0.3 is 0 Å². The molecule has 126 valence electrons. The zero-order chi connectivity index (χ0) is 16.9. The lowest BCUT2D eigenvalue weighted by Crippen LogP contribution is -2.26. The number of hydrogen-bond acceptors (Lipinski definition) is 1. The monoisotopic (exact) mass is 319 g/mol. The van der Waals surface area contributed by atoms with Gasteiger partial charge in [0, 0.05) is 13.1 Å². The number of fused-ring (bicyclic) bond motifs is 1. The van der Waals surface area contributed by atoms with Gasteiger partial charge in [-0.05, 0) is 72.5 Å². The van der Waals surface area contributed by atoms with Crippen LogP contribution in [-0.2, 0) is 19.4 Å². The van der Waals surface area contributed by atoms with Crippen molar-refractivity contribution in [2.75, 3.05) is 13.1 Å². The third-order valence-electron chi connectivity index (χ3n) is 5.25. The minimum absolute atomic E-state index is 1.05. The van der Waals surface area contributed by atoms with Gasteiger partial charge in [-0.15, -0.1) is 0 Å². The predicted octanol–water partition coefficient (Wildman–Crippen LogP) is 5.41.